The number of benzene rings is 1. The van der Waals surface area contributed by atoms with E-state index in [2.05, 4.69) is 10.2 Å². The van der Waals surface area contributed by atoms with Crippen LogP contribution in [0, 0.1) is 0 Å². The molecule has 1 amide bonds. The number of hydrogen-bond donors (Lipinski definition) is 1. The first kappa shape index (κ1) is 16.9. The lowest BCUT2D eigenvalue weighted by molar-refractivity contribution is 0.0934. The lowest BCUT2D eigenvalue weighted by Crippen LogP contribution is -2.41. The zero-order valence-electron chi connectivity index (χ0n) is 13.7. The summed E-state index contributed by atoms with van der Waals surface area (Å²) in [6, 6.07) is 9.31. The molecule has 0 saturated carbocycles. The van der Waals surface area contributed by atoms with Crippen LogP contribution in [0.2, 0.25) is 0 Å². The van der Waals surface area contributed by atoms with Crippen LogP contribution in [0.1, 0.15) is 22.0 Å². The molecule has 1 aliphatic rings. The molecule has 1 aromatic heterocycles. The lowest BCUT2D eigenvalue weighted by Gasteiger charge is -2.34. The lowest BCUT2D eigenvalue weighted by atomic mass is 10.1. The minimum Gasteiger partial charge on any atom is -0.497 e. The number of thioether (sulfide) groups is 1. The summed E-state index contributed by atoms with van der Waals surface area (Å²) in [6.45, 7) is 2.60. The molecule has 6 heteroatoms. The average molecular weight is 346 g/mol. The smallest absolute Gasteiger partial charge is 0.251 e. The molecule has 1 aromatic carbocycles. The minimum atomic E-state index is -0.0891. The maximum Gasteiger partial charge on any atom is 0.251 e. The van der Waals surface area contributed by atoms with Crippen molar-refractivity contribution in [2.24, 2.45) is 0 Å². The predicted molar refractivity (Wildman–Crippen MR) is 95.7 cm³/mol. The molecule has 1 saturated heterocycles. The van der Waals surface area contributed by atoms with E-state index in [0.29, 0.717) is 17.9 Å². The third kappa shape index (κ3) is 4.13. The van der Waals surface area contributed by atoms with Gasteiger partial charge in [0, 0.05) is 42.3 Å². The van der Waals surface area contributed by atoms with Crippen molar-refractivity contribution in [1.29, 1.82) is 0 Å². The van der Waals surface area contributed by atoms with Crippen LogP contribution in [0.15, 0.2) is 47.3 Å². The van der Waals surface area contributed by atoms with Gasteiger partial charge in [-0.15, -0.1) is 0 Å². The van der Waals surface area contributed by atoms with Crippen molar-refractivity contribution in [3.8, 4) is 5.75 Å². The molecule has 2 heterocycles. The Balaban J connectivity index is 1.67. The number of ether oxygens (including phenoxy) is 1. The van der Waals surface area contributed by atoms with Gasteiger partial charge in [-0.05, 0) is 24.3 Å². The second kappa shape index (κ2) is 8.26. The Morgan fingerprint density at radius 1 is 1.38 bits per heavy atom. The fourth-order valence-corrected chi connectivity index (χ4v) is 3.80. The Hall–Kier alpha value is -1.92. The third-order valence-corrected chi connectivity index (χ3v) is 5.14. The molecule has 1 N–H and O–H groups in total. The largest absolute Gasteiger partial charge is 0.497 e. The third-order valence-electron chi connectivity index (χ3n) is 4.20. The summed E-state index contributed by atoms with van der Waals surface area (Å²) in [7, 11) is 1.60. The number of nitrogens with zero attached hydrogens (tertiary/aromatic N) is 1. The molecule has 1 aliphatic heterocycles. The van der Waals surface area contributed by atoms with Crippen LogP contribution in [0.4, 0.5) is 0 Å². The van der Waals surface area contributed by atoms with E-state index in [0.717, 1.165) is 30.2 Å². The normalized spacial score (nSPS) is 16.5. The number of carbonyl (C=O) groups excluding carboxylic acids is 1. The van der Waals surface area contributed by atoms with E-state index in [1.165, 1.54) is 0 Å². The Morgan fingerprint density at radius 2 is 2.21 bits per heavy atom. The van der Waals surface area contributed by atoms with E-state index < -0.39 is 0 Å². The standard InChI is InChI=1S/C18H22N2O3S/c1-22-16-4-2-3-14(11-16)18(21)19-12-17(15-5-8-23-13-15)20-6-9-24-10-7-20/h2-5,8,11,13,17H,6-7,9-10,12H2,1H3,(H,19,21). The van der Waals surface area contributed by atoms with Crippen molar-refractivity contribution in [2.45, 2.75) is 6.04 Å². The zero-order valence-corrected chi connectivity index (χ0v) is 14.6. The highest BCUT2D eigenvalue weighted by Crippen LogP contribution is 2.24. The van der Waals surface area contributed by atoms with Gasteiger partial charge in [-0.1, -0.05) is 6.07 Å². The van der Waals surface area contributed by atoms with E-state index in [9.17, 15) is 4.79 Å². The first-order chi connectivity index (χ1) is 11.8. The number of methoxy groups -OCH3 is 1. The van der Waals surface area contributed by atoms with Gasteiger partial charge in [0.25, 0.3) is 5.91 Å². The van der Waals surface area contributed by atoms with Crippen molar-refractivity contribution in [3.63, 3.8) is 0 Å². The number of hydrogen-bond acceptors (Lipinski definition) is 5. The van der Waals surface area contributed by atoms with Gasteiger partial charge in [-0.3, -0.25) is 9.69 Å². The summed E-state index contributed by atoms with van der Waals surface area (Å²) in [4.78, 5) is 14.9. The maximum absolute atomic E-state index is 12.5. The van der Waals surface area contributed by atoms with E-state index in [-0.39, 0.29) is 11.9 Å². The van der Waals surface area contributed by atoms with E-state index in [1.54, 1.807) is 31.8 Å². The highest BCUT2D eigenvalue weighted by Gasteiger charge is 2.24. The van der Waals surface area contributed by atoms with Crippen LogP contribution in [-0.2, 0) is 0 Å². The van der Waals surface area contributed by atoms with Gasteiger partial charge in [0.1, 0.15) is 5.75 Å². The second-order valence-electron chi connectivity index (χ2n) is 5.66. The van der Waals surface area contributed by atoms with Crippen LogP contribution >= 0.6 is 11.8 Å². The molecule has 1 atom stereocenters. The Morgan fingerprint density at radius 3 is 2.92 bits per heavy atom. The average Bonchev–Trinajstić information content (AvgIpc) is 3.17. The summed E-state index contributed by atoms with van der Waals surface area (Å²) in [5, 5.41) is 3.05. The van der Waals surface area contributed by atoms with Crippen molar-refractivity contribution < 1.29 is 13.9 Å². The van der Waals surface area contributed by atoms with Crippen molar-refractivity contribution >= 4 is 17.7 Å². The molecule has 0 radical (unpaired) electrons. The van der Waals surface area contributed by atoms with Crippen LogP contribution < -0.4 is 10.1 Å². The fourth-order valence-electron chi connectivity index (χ4n) is 2.87. The zero-order chi connectivity index (χ0) is 16.8. The SMILES string of the molecule is COc1cccc(C(=O)NCC(c2ccoc2)N2CCSCC2)c1. The van der Waals surface area contributed by atoms with Gasteiger partial charge in [-0.25, -0.2) is 0 Å². The number of furan rings is 1. The van der Waals surface area contributed by atoms with Crippen LogP contribution in [0.5, 0.6) is 5.75 Å². The maximum atomic E-state index is 12.5. The minimum absolute atomic E-state index is 0.0891. The molecular weight excluding hydrogens is 324 g/mol. The molecule has 128 valence electrons. The topological polar surface area (TPSA) is 54.7 Å². The Bertz CT molecular complexity index is 654. The van der Waals surface area contributed by atoms with Crippen LogP contribution in [-0.4, -0.2) is 49.1 Å². The van der Waals surface area contributed by atoms with Gasteiger partial charge in [-0.2, -0.15) is 11.8 Å². The molecule has 5 nitrogen and oxygen atoms in total. The number of amides is 1. The Labute approximate surface area is 146 Å². The molecule has 0 aliphatic carbocycles. The van der Waals surface area contributed by atoms with Crippen LogP contribution in [0.3, 0.4) is 0 Å². The molecule has 1 fully saturated rings. The highest BCUT2D eigenvalue weighted by atomic mass is 32.2. The van der Waals surface area contributed by atoms with Gasteiger partial charge in [0.05, 0.1) is 25.7 Å². The molecular formula is C18H22N2O3S. The molecule has 3 rings (SSSR count). The van der Waals surface area contributed by atoms with Crippen molar-refractivity contribution in [2.75, 3.05) is 38.2 Å². The first-order valence-corrected chi connectivity index (χ1v) is 9.19. The number of rotatable bonds is 6. The Kier molecular flexibility index (Phi) is 5.82. The molecule has 1 unspecified atom stereocenters. The number of carbonyl (C=O) groups is 1. The van der Waals surface area contributed by atoms with E-state index in [4.69, 9.17) is 9.15 Å². The number of nitrogens with one attached hydrogen (secondary N) is 1. The predicted octanol–water partition coefficient (Wildman–Crippen LogP) is 2.81. The summed E-state index contributed by atoms with van der Waals surface area (Å²) >= 11 is 1.97. The van der Waals surface area contributed by atoms with E-state index >= 15 is 0 Å². The van der Waals surface area contributed by atoms with Crippen LogP contribution in [0.25, 0.3) is 0 Å². The summed E-state index contributed by atoms with van der Waals surface area (Å²) in [5.74, 6) is 2.84. The summed E-state index contributed by atoms with van der Waals surface area (Å²) < 4.78 is 10.4. The van der Waals surface area contributed by atoms with Crippen molar-refractivity contribution in [3.05, 3.63) is 54.0 Å². The molecule has 0 bridgehead atoms. The summed E-state index contributed by atoms with van der Waals surface area (Å²) in [5.41, 5.74) is 1.71. The molecule has 24 heavy (non-hydrogen) atoms. The van der Waals surface area contributed by atoms with Gasteiger partial charge < -0.3 is 14.5 Å². The van der Waals surface area contributed by atoms with Gasteiger partial charge >= 0.3 is 0 Å². The molecule has 2 aromatic rings. The molecule has 0 spiro atoms. The second-order valence-corrected chi connectivity index (χ2v) is 6.89. The quantitative estimate of drug-likeness (QED) is 0.872. The van der Waals surface area contributed by atoms with Gasteiger partial charge in [0.15, 0.2) is 0 Å². The fraction of sp³-hybridized carbons (Fsp3) is 0.389. The summed E-state index contributed by atoms with van der Waals surface area (Å²) in [6.07, 6.45) is 3.45. The first-order valence-electron chi connectivity index (χ1n) is 8.04. The monoisotopic (exact) mass is 346 g/mol. The highest BCUT2D eigenvalue weighted by molar-refractivity contribution is 7.99. The van der Waals surface area contributed by atoms with E-state index in [1.807, 2.05) is 30.0 Å². The van der Waals surface area contributed by atoms with Gasteiger partial charge in [0.2, 0.25) is 0 Å². The van der Waals surface area contributed by atoms with Crippen molar-refractivity contribution in [1.82, 2.24) is 10.2 Å².